The maximum atomic E-state index is 11.0. The second-order valence-electron chi connectivity index (χ2n) is 3.20. The number of carbonyl (C=O) groups excluding carboxylic acids is 1. The summed E-state index contributed by atoms with van der Waals surface area (Å²) in [6, 6.07) is 6.48. The van der Waals surface area contributed by atoms with Gasteiger partial charge in [-0.1, -0.05) is 29.7 Å². The van der Waals surface area contributed by atoms with Crippen molar-refractivity contribution in [2.45, 2.75) is 12.5 Å². The summed E-state index contributed by atoms with van der Waals surface area (Å²) in [7, 11) is 2.33. The topological polar surface area (TPSA) is 72.5 Å². The van der Waals surface area contributed by atoms with Gasteiger partial charge in [0, 0.05) is 0 Å². The quantitative estimate of drug-likeness (QED) is 0.487. The molecule has 1 aromatic rings. The summed E-state index contributed by atoms with van der Waals surface area (Å²) in [6.45, 7) is 0. The van der Waals surface area contributed by atoms with Gasteiger partial charge in [-0.3, -0.25) is 4.79 Å². The Morgan fingerprint density at radius 2 is 2.13 bits per heavy atom. The van der Waals surface area contributed by atoms with E-state index in [4.69, 9.17) is 10.8 Å². The third kappa shape index (κ3) is 3.38. The number of hydrogen-bond donors (Lipinski definition) is 2. The van der Waals surface area contributed by atoms with Crippen LogP contribution in [-0.2, 0) is 16.0 Å². The molecule has 0 aromatic heterocycles. The third-order valence-electron chi connectivity index (χ3n) is 2.09. The van der Waals surface area contributed by atoms with Gasteiger partial charge in [-0.05, 0) is 12.0 Å². The Labute approximate surface area is 89.3 Å². The first-order chi connectivity index (χ1) is 7.17. The molecule has 1 aromatic carbocycles. The Kier molecular flexibility index (Phi) is 4.33. The first-order valence-electron chi connectivity index (χ1n) is 4.57. The summed E-state index contributed by atoms with van der Waals surface area (Å²) >= 11 is 0. The molecule has 0 aliphatic carbocycles. The molecule has 0 heterocycles. The van der Waals surface area contributed by atoms with Crippen molar-refractivity contribution in [2.75, 3.05) is 7.11 Å². The number of carbonyl (C=O) groups is 1. The summed E-state index contributed by atoms with van der Waals surface area (Å²) in [5.74, 6) is -0.423. The molecule has 1 atom stereocenters. The molecule has 0 spiro atoms. The lowest BCUT2D eigenvalue weighted by atomic mass is 9.88. The van der Waals surface area contributed by atoms with Gasteiger partial charge in [0.15, 0.2) is 0 Å². The van der Waals surface area contributed by atoms with Gasteiger partial charge in [0.2, 0.25) is 0 Å². The van der Waals surface area contributed by atoms with E-state index in [1.54, 1.807) is 12.1 Å². The van der Waals surface area contributed by atoms with Crippen molar-refractivity contribution >= 4 is 18.9 Å². The highest BCUT2D eigenvalue weighted by atomic mass is 16.5. The van der Waals surface area contributed by atoms with Crippen LogP contribution in [0.2, 0.25) is 0 Å². The van der Waals surface area contributed by atoms with Gasteiger partial charge in [0.1, 0.15) is 6.04 Å². The van der Waals surface area contributed by atoms with E-state index in [0.717, 1.165) is 13.0 Å². The highest BCUT2D eigenvalue weighted by Crippen LogP contribution is 2.01. The number of ether oxygens (including phenoxy) is 1. The maximum absolute atomic E-state index is 11.0. The molecule has 4 nitrogen and oxygen atoms in total. The van der Waals surface area contributed by atoms with Crippen LogP contribution in [0.1, 0.15) is 5.56 Å². The lowest BCUT2D eigenvalue weighted by Crippen LogP contribution is -2.33. The highest BCUT2D eigenvalue weighted by Gasteiger charge is 2.13. The molecule has 79 valence electrons. The predicted molar refractivity (Wildman–Crippen MR) is 57.7 cm³/mol. The van der Waals surface area contributed by atoms with Crippen LogP contribution in [0.15, 0.2) is 24.3 Å². The van der Waals surface area contributed by atoms with Crippen LogP contribution in [0, 0.1) is 0 Å². The molecular weight excluding hydrogens is 193 g/mol. The lowest BCUT2D eigenvalue weighted by Gasteiger charge is -2.09. The van der Waals surface area contributed by atoms with Crippen molar-refractivity contribution in [3.63, 3.8) is 0 Å². The number of rotatable bonds is 4. The molecular formula is C10H13BNO3. The smallest absolute Gasteiger partial charge is 0.326 e. The fraction of sp³-hybridized carbons (Fsp3) is 0.300. The Balaban J connectivity index is 2.60. The Bertz CT molecular complexity index is 326. The van der Waals surface area contributed by atoms with Crippen molar-refractivity contribution in [3.05, 3.63) is 29.8 Å². The van der Waals surface area contributed by atoms with E-state index < -0.39 is 12.0 Å². The molecule has 0 fully saturated rings. The van der Waals surface area contributed by atoms with Gasteiger partial charge in [-0.25, -0.2) is 0 Å². The van der Waals surface area contributed by atoms with Gasteiger partial charge in [0.05, 0.1) is 7.11 Å². The summed E-state index contributed by atoms with van der Waals surface area (Å²) in [5.41, 5.74) is 7.24. The van der Waals surface area contributed by atoms with Gasteiger partial charge in [-0.15, -0.1) is 0 Å². The van der Waals surface area contributed by atoms with Crippen LogP contribution in [0.3, 0.4) is 0 Å². The number of benzene rings is 1. The molecule has 0 saturated carbocycles. The minimum Gasteiger partial charge on any atom is -0.468 e. The monoisotopic (exact) mass is 206 g/mol. The Morgan fingerprint density at radius 1 is 1.53 bits per heavy atom. The van der Waals surface area contributed by atoms with Crippen LogP contribution in [0.4, 0.5) is 0 Å². The fourth-order valence-electron chi connectivity index (χ4n) is 1.23. The minimum absolute atomic E-state index is 0.423. The zero-order valence-electron chi connectivity index (χ0n) is 8.51. The van der Waals surface area contributed by atoms with Crippen molar-refractivity contribution in [2.24, 2.45) is 5.73 Å². The normalized spacial score (nSPS) is 11.9. The number of esters is 1. The lowest BCUT2D eigenvalue weighted by molar-refractivity contribution is -0.142. The molecule has 1 radical (unpaired) electrons. The summed E-state index contributed by atoms with van der Waals surface area (Å²) < 4.78 is 4.52. The number of methoxy groups -OCH3 is 1. The molecule has 0 amide bonds. The van der Waals surface area contributed by atoms with E-state index in [1.807, 2.05) is 12.1 Å². The SMILES string of the molecule is COC(=O)[C@@H](N)Cc1ccc([B]O)cc1. The second-order valence-corrected chi connectivity index (χ2v) is 3.20. The second kappa shape index (κ2) is 5.53. The summed E-state index contributed by atoms with van der Waals surface area (Å²) in [5, 5.41) is 8.71. The average molecular weight is 206 g/mol. The molecule has 0 saturated heterocycles. The van der Waals surface area contributed by atoms with E-state index in [9.17, 15) is 4.79 Å². The van der Waals surface area contributed by atoms with Crippen LogP contribution >= 0.6 is 0 Å². The average Bonchev–Trinajstić information content (AvgIpc) is 2.29. The zero-order valence-corrected chi connectivity index (χ0v) is 8.51. The van der Waals surface area contributed by atoms with E-state index in [0.29, 0.717) is 11.9 Å². The first kappa shape index (κ1) is 11.7. The van der Waals surface area contributed by atoms with Crippen LogP contribution < -0.4 is 11.2 Å². The summed E-state index contributed by atoms with van der Waals surface area (Å²) in [6.07, 6.45) is 0.429. The van der Waals surface area contributed by atoms with Crippen LogP contribution in [0.5, 0.6) is 0 Å². The van der Waals surface area contributed by atoms with E-state index in [-0.39, 0.29) is 0 Å². The largest absolute Gasteiger partial charge is 0.468 e. The predicted octanol–water partition coefficient (Wildman–Crippen LogP) is -1.03. The third-order valence-corrected chi connectivity index (χ3v) is 2.09. The van der Waals surface area contributed by atoms with E-state index >= 15 is 0 Å². The summed E-state index contributed by atoms with van der Waals surface area (Å²) in [4.78, 5) is 11.0. The van der Waals surface area contributed by atoms with Crippen molar-refractivity contribution in [1.29, 1.82) is 0 Å². The van der Waals surface area contributed by atoms with Crippen molar-refractivity contribution < 1.29 is 14.6 Å². The van der Waals surface area contributed by atoms with E-state index in [2.05, 4.69) is 4.74 Å². The maximum Gasteiger partial charge on any atom is 0.326 e. The standard InChI is InChI=1S/C10H13BNO3/c1-15-10(13)9(12)6-7-2-4-8(11-14)5-3-7/h2-5,9,14H,6,12H2,1H3/t9-/m0/s1. The van der Waals surface area contributed by atoms with Crippen LogP contribution in [0.25, 0.3) is 0 Å². The van der Waals surface area contributed by atoms with Crippen molar-refractivity contribution in [1.82, 2.24) is 0 Å². The Hall–Kier alpha value is -1.33. The molecule has 0 aliphatic heterocycles. The zero-order chi connectivity index (χ0) is 11.3. The first-order valence-corrected chi connectivity index (χ1v) is 4.57. The van der Waals surface area contributed by atoms with Gasteiger partial charge in [-0.2, -0.15) is 0 Å². The van der Waals surface area contributed by atoms with Gasteiger partial charge < -0.3 is 15.5 Å². The van der Waals surface area contributed by atoms with E-state index in [1.165, 1.54) is 7.11 Å². The Morgan fingerprint density at radius 3 is 2.60 bits per heavy atom. The molecule has 0 bridgehead atoms. The molecule has 5 heteroatoms. The highest BCUT2D eigenvalue weighted by molar-refractivity contribution is 6.45. The van der Waals surface area contributed by atoms with Crippen molar-refractivity contribution in [3.8, 4) is 0 Å². The molecule has 1 rings (SSSR count). The van der Waals surface area contributed by atoms with Gasteiger partial charge >= 0.3 is 13.5 Å². The minimum atomic E-state index is -0.640. The van der Waals surface area contributed by atoms with Gasteiger partial charge in [0.25, 0.3) is 0 Å². The fourth-order valence-corrected chi connectivity index (χ4v) is 1.23. The molecule has 0 aliphatic rings. The number of hydrogen-bond acceptors (Lipinski definition) is 4. The molecule has 15 heavy (non-hydrogen) atoms. The molecule has 3 N–H and O–H groups in total. The molecule has 0 unspecified atom stereocenters. The van der Waals surface area contributed by atoms with Crippen LogP contribution in [-0.4, -0.2) is 31.6 Å². The number of nitrogens with two attached hydrogens (primary N) is 1.